The largest absolute Gasteiger partial charge is 0.387 e. The number of aliphatic hydroxyl groups excluding tert-OH is 1. The second kappa shape index (κ2) is 5.04. The minimum absolute atomic E-state index is 0.192. The van der Waals surface area contributed by atoms with E-state index in [0.717, 1.165) is 17.7 Å². The number of aromatic nitrogens is 2. The first-order valence-electron chi connectivity index (χ1n) is 5.01. The van der Waals surface area contributed by atoms with E-state index in [9.17, 15) is 5.11 Å². The molecule has 1 atom stereocenters. The van der Waals surface area contributed by atoms with Gasteiger partial charge in [-0.05, 0) is 6.42 Å². The Bertz CT molecular complexity index is 327. The molecule has 0 saturated heterocycles. The van der Waals surface area contributed by atoms with Crippen LogP contribution in [-0.2, 0) is 6.42 Å². The van der Waals surface area contributed by atoms with Crippen LogP contribution < -0.4 is 10.6 Å². The molecule has 0 bridgehead atoms. The van der Waals surface area contributed by atoms with Crippen LogP contribution in [0.25, 0.3) is 0 Å². The third-order valence-electron chi connectivity index (χ3n) is 2.20. The van der Waals surface area contributed by atoms with Gasteiger partial charge >= 0.3 is 0 Å². The maximum atomic E-state index is 9.65. The molecule has 1 unspecified atom stereocenters. The Morgan fingerprint density at radius 2 is 2.20 bits per heavy atom. The summed E-state index contributed by atoms with van der Waals surface area (Å²) < 4.78 is 0. The van der Waals surface area contributed by atoms with Crippen LogP contribution in [0.2, 0.25) is 0 Å². The van der Waals surface area contributed by atoms with E-state index in [1.54, 1.807) is 6.20 Å². The van der Waals surface area contributed by atoms with E-state index in [2.05, 4.69) is 9.97 Å². The van der Waals surface area contributed by atoms with Crippen LogP contribution in [0.1, 0.15) is 24.3 Å². The van der Waals surface area contributed by atoms with Crippen molar-refractivity contribution >= 4 is 5.95 Å². The summed E-state index contributed by atoms with van der Waals surface area (Å²) in [4.78, 5) is 10.3. The van der Waals surface area contributed by atoms with Crippen LogP contribution in [0.3, 0.4) is 0 Å². The number of nitrogens with two attached hydrogens (primary N) is 1. The molecule has 0 aliphatic rings. The summed E-state index contributed by atoms with van der Waals surface area (Å²) in [6, 6.07) is 0. The molecule has 0 fully saturated rings. The highest BCUT2D eigenvalue weighted by Gasteiger charge is 2.13. The Labute approximate surface area is 90.0 Å². The van der Waals surface area contributed by atoms with Gasteiger partial charge < -0.3 is 15.7 Å². The number of hydrogen-bond acceptors (Lipinski definition) is 5. The highest BCUT2D eigenvalue weighted by atomic mass is 16.3. The van der Waals surface area contributed by atoms with Crippen LogP contribution >= 0.6 is 0 Å². The van der Waals surface area contributed by atoms with E-state index in [4.69, 9.17) is 5.73 Å². The monoisotopic (exact) mass is 210 g/mol. The number of rotatable bonds is 4. The van der Waals surface area contributed by atoms with E-state index in [1.807, 2.05) is 25.9 Å². The van der Waals surface area contributed by atoms with Crippen molar-refractivity contribution in [3.63, 3.8) is 0 Å². The van der Waals surface area contributed by atoms with Crippen molar-refractivity contribution in [2.75, 3.05) is 25.5 Å². The van der Waals surface area contributed by atoms with Gasteiger partial charge in [0.2, 0.25) is 5.95 Å². The average Bonchev–Trinajstić information content (AvgIpc) is 2.27. The molecule has 5 nitrogen and oxygen atoms in total. The Kier molecular flexibility index (Phi) is 3.99. The van der Waals surface area contributed by atoms with Crippen molar-refractivity contribution in [1.82, 2.24) is 9.97 Å². The average molecular weight is 210 g/mol. The molecule has 1 aromatic rings. The molecule has 1 rings (SSSR count). The lowest BCUT2D eigenvalue weighted by atomic mass is 10.1. The molecule has 0 aliphatic carbocycles. The maximum Gasteiger partial charge on any atom is 0.225 e. The molecule has 0 radical (unpaired) electrons. The fourth-order valence-electron chi connectivity index (χ4n) is 1.32. The van der Waals surface area contributed by atoms with Gasteiger partial charge in [-0.15, -0.1) is 0 Å². The van der Waals surface area contributed by atoms with Crippen molar-refractivity contribution < 1.29 is 5.11 Å². The summed E-state index contributed by atoms with van der Waals surface area (Å²) in [6.07, 6.45) is 1.74. The van der Waals surface area contributed by atoms with Gasteiger partial charge in [-0.1, -0.05) is 6.92 Å². The van der Waals surface area contributed by atoms with Gasteiger partial charge in [0.15, 0.2) is 0 Å². The normalized spacial score (nSPS) is 12.6. The van der Waals surface area contributed by atoms with Crippen molar-refractivity contribution in [2.45, 2.75) is 19.4 Å². The summed E-state index contributed by atoms with van der Waals surface area (Å²) in [5.74, 6) is 0.653. The Morgan fingerprint density at radius 3 is 2.67 bits per heavy atom. The molecule has 0 spiro atoms. The number of hydrogen-bond donors (Lipinski definition) is 2. The lowest BCUT2D eigenvalue weighted by molar-refractivity contribution is 0.184. The summed E-state index contributed by atoms with van der Waals surface area (Å²) >= 11 is 0. The Balaban J connectivity index is 3.09. The van der Waals surface area contributed by atoms with E-state index < -0.39 is 6.10 Å². The van der Waals surface area contributed by atoms with Gasteiger partial charge in [-0.2, -0.15) is 0 Å². The summed E-state index contributed by atoms with van der Waals surface area (Å²) in [6.45, 7) is 2.19. The molecule has 84 valence electrons. The lowest BCUT2D eigenvalue weighted by Crippen LogP contribution is -2.18. The minimum Gasteiger partial charge on any atom is -0.387 e. The van der Waals surface area contributed by atoms with Crippen LogP contribution in [0.4, 0.5) is 5.95 Å². The zero-order valence-electron chi connectivity index (χ0n) is 9.44. The second-order valence-corrected chi connectivity index (χ2v) is 3.57. The van der Waals surface area contributed by atoms with E-state index in [-0.39, 0.29) is 6.54 Å². The quantitative estimate of drug-likeness (QED) is 0.737. The van der Waals surface area contributed by atoms with Crippen LogP contribution in [0.15, 0.2) is 6.20 Å². The molecular weight excluding hydrogens is 192 g/mol. The fourth-order valence-corrected chi connectivity index (χ4v) is 1.32. The smallest absolute Gasteiger partial charge is 0.225 e. The van der Waals surface area contributed by atoms with Gasteiger partial charge in [0.25, 0.3) is 0 Å². The van der Waals surface area contributed by atoms with Crippen LogP contribution in [-0.4, -0.2) is 35.7 Å². The molecule has 0 saturated carbocycles. The molecule has 15 heavy (non-hydrogen) atoms. The molecule has 0 aromatic carbocycles. The van der Waals surface area contributed by atoms with E-state index >= 15 is 0 Å². The van der Waals surface area contributed by atoms with Gasteiger partial charge in [0.1, 0.15) is 0 Å². The summed E-state index contributed by atoms with van der Waals surface area (Å²) in [5.41, 5.74) is 6.99. The first-order chi connectivity index (χ1) is 7.10. The predicted octanol–water partition coefficient (Wildman–Crippen LogP) is 0.0971. The van der Waals surface area contributed by atoms with Crippen LogP contribution in [0.5, 0.6) is 0 Å². The van der Waals surface area contributed by atoms with Crippen LogP contribution in [0, 0.1) is 0 Å². The number of nitrogens with zero attached hydrogens (tertiary/aromatic N) is 3. The first-order valence-corrected chi connectivity index (χ1v) is 5.01. The molecule has 0 aliphatic heterocycles. The lowest BCUT2D eigenvalue weighted by Gasteiger charge is -2.15. The van der Waals surface area contributed by atoms with Gasteiger partial charge in [0, 0.05) is 32.4 Å². The standard InChI is InChI=1S/C10H18N4O/c1-4-8-7(9(15)5-11)6-12-10(13-8)14(2)3/h6,9,15H,4-5,11H2,1-3H3. The summed E-state index contributed by atoms with van der Waals surface area (Å²) in [7, 11) is 3.77. The van der Waals surface area contributed by atoms with E-state index in [0.29, 0.717) is 5.95 Å². The van der Waals surface area contributed by atoms with Crippen molar-refractivity contribution in [3.05, 3.63) is 17.5 Å². The topological polar surface area (TPSA) is 75.3 Å². The number of anilines is 1. The predicted molar refractivity (Wildman–Crippen MR) is 59.8 cm³/mol. The Morgan fingerprint density at radius 1 is 1.53 bits per heavy atom. The molecule has 1 heterocycles. The third kappa shape index (κ3) is 2.64. The maximum absolute atomic E-state index is 9.65. The molecule has 3 N–H and O–H groups in total. The minimum atomic E-state index is -0.670. The SMILES string of the molecule is CCc1nc(N(C)C)ncc1C(O)CN. The van der Waals surface area contributed by atoms with Crippen molar-refractivity contribution in [3.8, 4) is 0 Å². The third-order valence-corrected chi connectivity index (χ3v) is 2.20. The van der Waals surface area contributed by atoms with Crippen molar-refractivity contribution in [2.24, 2.45) is 5.73 Å². The fraction of sp³-hybridized carbons (Fsp3) is 0.600. The van der Waals surface area contributed by atoms with E-state index in [1.165, 1.54) is 0 Å². The Hall–Kier alpha value is -1.20. The van der Waals surface area contributed by atoms with Gasteiger partial charge in [-0.3, -0.25) is 0 Å². The summed E-state index contributed by atoms with van der Waals surface area (Å²) in [5, 5.41) is 9.65. The molecule has 5 heteroatoms. The second-order valence-electron chi connectivity index (χ2n) is 3.57. The zero-order valence-corrected chi connectivity index (χ0v) is 9.44. The molecule has 0 amide bonds. The number of aryl methyl sites for hydroxylation is 1. The molecule has 1 aromatic heterocycles. The zero-order chi connectivity index (χ0) is 11.4. The highest BCUT2D eigenvalue weighted by molar-refractivity contribution is 5.32. The van der Waals surface area contributed by atoms with Gasteiger partial charge in [0.05, 0.1) is 11.8 Å². The van der Waals surface area contributed by atoms with Crippen molar-refractivity contribution in [1.29, 1.82) is 0 Å². The van der Waals surface area contributed by atoms with Gasteiger partial charge in [-0.25, -0.2) is 9.97 Å². The number of aliphatic hydroxyl groups is 1. The first kappa shape index (κ1) is 11.9. The highest BCUT2D eigenvalue weighted by Crippen LogP contribution is 2.17. The molecular formula is C10H18N4O.